The largest absolute Gasteiger partial charge is 0.368 e. The van der Waals surface area contributed by atoms with Crippen LogP contribution in [-0.2, 0) is 6.42 Å². The summed E-state index contributed by atoms with van der Waals surface area (Å²) in [4.78, 5) is 22.5. The maximum atomic E-state index is 11.1. The van der Waals surface area contributed by atoms with Crippen molar-refractivity contribution in [1.82, 2.24) is 19.5 Å². The molecule has 8 heteroatoms. The third kappa shape index (κ3) is 1.88. The van der Waals surface area contributed by atoms with Gasteiger partial charge in [0, 0.05) is 18.8 Å². The molecule has 0 unspecified atom stereocenters. The van der Waals surface area contributed by atoms with E-state index in [1.807, 2.05) is 6.92 Å². The highest BCUT2D eigenvalue weighted by Gasteiger charge is 2.23. The molecule has 0 atom stereocenters. The van der Waals surface area contributed by atoms with Crippen LogP contribution in [-0.4, -0.2) is 24.4 Å². The molecule has 94 valence electrons. The first-order valence-corrected chi connectivity index (χ1v) is 5.35. The van der Waals surface area contributed by atoms with E-state index in [0.29, 0.717) is 12.2 Å². The standard InChI is InChI=1S/C10H12N6O2/c1-3-7-12-4-5-15(7)9-8(16(17)18)6(2)13-10(11)14-9/h4-5H,3H2,1-2H3,(H2,11,13,14). The van der Waals surface area contributed by atoms with E-state index in [-0.39, 0.29) is 23.1 Å². The van der Waals surface area contributed by atoms with Gasteiger partial charge in [0.15, 0.2) is 0 Å². The van der Waals surface area contributed by atoms with Crippen LogP contribution in [0, 0.1) is 17.0 Å². The summed E-state index contributed by atoms with van der Waals surface area (Å²) in [6.45, 7) is 3.43. The number of nitrogens with two attached hydrogens (primary N) is 1. The summed E-state index contributed by atoms with van der Waals surface area (Å²) in [5.74, 6) is 0.832. The Morgan fingerprint density at radius 2 is 2.22 bits per heavy atom. The van der Waals surface area contributed by atoms with E-state index >= 15 is 0 Å². The molecule has 2 N–H and O–H groups in total. The molecule has 2 rings (SSSR count). The molecule has 0 radical (unpaired) electrons. The van der Waals surface area contributed by atoms with Crippen LogP contribution in [0.2, 0.25) is 0 Å². The lowest BCUT2D eigenvalue weighted by Gasteiger charge is -2.08. The molecule has 0 aliphatic rings. The van der Waals surface area contributed by atoms with Crippen molar-refractivity contribution in [2.75, 3.05) is 5.73 Å². The van der Waals surface area contributed by atoms with Gasteiger partial charge in [-0.05, 0) is 6.92 Å². The molecule has 0 amide bonds. The van der Waals surface area contributed by atoms with Crippen molar-refractivity contribution < 1.29 is 4.92 Å². The van der Waals surface area contributed by atoms with Gasteiger partial charge in [0.25, 0.3) is 0 Å². The number of nitrogens with zero attached hydrogens (tertiary/aromatic N) is 5. The minimum Gasteiger partial charge on any atom is -0.368 e. The second kappa shape index (κ2) is 4.40. The Balaban J connectivity index is 2.73. The number of nitrogen functional groups attached to an aromatic ring is 1. The fraction of sp³-hybridized carbons (Fsp3) is 0.300. The van der Waals surface area contributed by atoms with Gasteiger partial charge in [-0.3, -0.25) is 14.7 Å². The van der Waals surface area contributed by atoms with Gasteiger partial charge < -0.3 is 5.73 Å². The summed E-state index contributed by atoms with van der Waals surface area (Å²) >= 11 is 0. The van der Waals surface area contributed by atoms with Gasteiger partial charge in [-0.25, -0.2) is 9.97 Å². The Labute approximate surface area is 103 Å². The van der Waals surface area contributed by atoms with E-state index in [1.165, 1.54) is 6.92 Å². The lowest BCUT2D eigenvalue weighted by atomic mass is 10.3. The fourth-order valence-corrected chi connectivity index (χ4v) is 1.74. The number of anilines is 1. The molecule has 0 saturated heterocycles. The summed E-state index contributed by atoms with van der Waals surface area (Å²) in [5, 5.41) is 11.1. The van der Waals surface area contributed by atoms with Crippen molar-refractivity contribution in [2.24, 2.45) is 0 Å². The van der Waals surface area contributed by atoms with E-state index in [4.69, 9.17) is 5.73 Å². The maximum absolute atomic E-state index is 11.1. The molecule has 2 aromatic heterocycles. The summed E-state index contributed by atoms with van der Waals surface area (Å²) in [6, 6.07) is 0. The lowest BCUT2D eigenvalue weighted by molar-refractivity contribution is -0.385. The predicted molar refractivity (Wildman–Crippen MR) is 64.3 cm³/mol. The number of rotatable bonds is 3. The summed E-state index contributed by atoms with van der Waals surface area (Å²) in [6.07, 6.45) is 3.82. The Morgan fingerprint density at radius 3 is 2.83 bits per heavy atom. The average molecular weight is 248 g/mol. The molecule has 2 heterocycles. The normalized spacial score (nSPS) is 10.6. The molecule has 0 fully saturated rings. The molecule has 0 aliphatic heterocycles. The monoisotopic (exact) mass is 248 g/mol. The van der Waals surface area contributed by atoms with Crippen molar-refractivity contribution in [3.63, 3.8) is 0 Å². The second-order valence-corrected chi connectivity index (χ2v) is 3.66. The molecule has 8 nitrogen and oxygen atoms in total. The first kappa shape index (κ1) is 12.0. The second-order valence-electron chi connectivity index (χ2n) is 3.66. The molecule has 0 aliphatic carbocycles. The quantitative estimate of drug-likeness (QED) is 0.641. The molecule has 18 heavy (non-hydrogen) atoms. The highest BCUT2D eigenvalue weighted by Crippen LogP contribution is 2.25. The topological polar surface area (TPSA) is 113 Å². The zero-order chi connectivity index (χ0) is 13.3. The molecule has 2 aromatic rings. The van der Waals surface area contributed by atoms with Crippen LogP contribution in [0.3, 0.4) is 0 Å². The Bertz CT molecular complexity index is 606. The molecule has 0 aromatic carbocycles. The van der Waals surface area contributed by atoms with Gasteiger partial charge in [-0.2, -0.15) is 4.98 Å². The molecule has 0 spiro atoms. The Kier molecular flexibility index (Phi) is 2.92. The van der Waals surface area contributed by atoms with Crippen molar-refractivity contribution in [3.8, 4) is 5.82 Å². The van der Waals surface area contributed by atoms with E-state index in [9.17, 15) is 10.1 Å². The Morgan fingerprint density at radius 1 is 1.50 bits per heavy atom. The van der Waals surface area contributed by atoms with Crippen LogP contribution in [0.4, 0.5) is 11.6 Å². The van der Waals surface area contributed by atoms with Crippen LogP contribution < -0.4 is 5.73 Å². The van der Waals surface area contributed by atoms with Gasteiger partial charge in [-0.1, -0.05) is 6.92 Å². The van der Waals surface area contributed by atoms with Crippen LogP contribution in [0.25, 0.3) is 5.82 Å². The average Bonchev–Trinajstić information content (AvgIpc) is 2.74. The van der Waals surface area contributed by atoms with E-state index in [2.05, 4.69) is 15.0 Å². The first-order valence-electron chi connectivity index (χ1n) is 5.35. The van der Waals surface area contributed by atoms with Crippen molar-refractivity contribution in [2.45, 2.75) is 20.3 Å². The highest BCUT2D eigenvalue weighted by molar-refractivity contribution is 5.53. The molecular formula is C10H12N6O2. The SMILES string of the molecule is CCc1nccn1-c1nc(N)nc(C)c1[N+](=O)[O-]. The third-order valence-electron chi connectivity index (χ3n) is 2.50. The van der Waals surface area contributed by atoms with Gasteiger partial charge in [0.2, 0.25) is 11.8 Å². The van der Waals surface area contributed by atoms with Gasteiger partial charge in [-0.15, -0.1) is 0 Å². The van der Waals surface area contributed by atoms with Crippen molar-refractivity contribution in [3.05, 3.63) is 34.0 Å². The summed E-state index contributed by atoms with van der Waals surface area (Å²) in [7, 11) is 0. The summed E-state index contributed by atoms with van der Waals surface area (Å²) < 4.78 is 1.56. The zero-order valence-corrected chi connectivity index (χ0v) is 9.99. The van der Waals surface area contributed by atoms with Gasteiger partial charge >= 0.3 is 5.69 Å². The van der Waals surface area contributed by atoms with Crippen molar-refractivity contribution in [1.29, 1.82) is 0 Å². The van der Waals surface area contributed by atoms with E-state index in [0.717, 1.165) is 0 Å². The van der Waals surface area contributed by atoms with Gasteiger partial charge in [0.1, 0.15) is 11.5 Å². The van der Waals surface area contributed by atoms with Crippen LogP contribution in [0.1, 0.15) is 18.4 Å². The zero-order valence-electron chi connectivity index (χ0n) is 9.99. The third-order valence-corrected chi connectivity index (χ3v) is 2.50. The van der Waals surface area contributed by atoms with Crippen LogP contribution in [0.5, 0.6) is 0 Å². The van der Waals surface area contributed by atoms with E-state index in [1.54, 1.807) is 17.0 Å². The number of imidazole rings is 1. The fourth-order valence-electron chi connectivity index (χ4n) is 1.74. The van der Waals surface area contributed by atoms with E-state index < -0.39 is 4.92 Å². The first-order chi connectivity index (χ1) is 8.54. The highest BCUT2D eigenvalue weighted by atomic mass is 16.6. The minimum absolute atomic E-state index is 0.00357. The summed E-state index contributed by atoms with van der Waals surface area (Å²) in [5.41, 5.74) is 5.63. The lowest BCUT2D eigenvalue weighted by Crippen LogP contribution is -2.10. The Hall–Kier alpha value is -2.51. The van der Waals surface area contributed by atoms with Crippen LogP contribution in [0.15, 0.2) is 12.4 Å². The molecular weight excluding hydrogens is 236 g/mol. The molecule has 0 bridgehead atoms. The smallest absolute Gasteiger partial charge is 0.333 e. The predicted octanol–water partition coefficient (Wildman–Crippen LogP) is 1.02. The van der Waals surface area contributed by atoms with Crippen LogP contribution >= 0.6 is 0 Å². The minimum atomic E-state index is -0.510. The number of aromatic nitrogens is 4. The number of hydrogen-bond acceptors (Lipinski definition) is 6. The maximum Gasteiger partial charge on any atom is 0.333 e. The number of hydrogen-bond donors (Lipinski definition) is 1. The van der Waals surface area contributed by atoms with Gasteiger partial charge in [0.05, 0.1) is 4.92 Å². The molecule has 0 saturated carbocycles. The number of nitro groups is 1. The number of aryl methyl sites for hydroxylation is 2. The van der Waals surface area contributed by atoms with Crippen molar-refractivity contribution >= 4 is 11.6 Å².